The Bertz CT molecular complexity index is 1410. The summed E-state index contributed by atoms with van der Waals surface area (Å²) < 4.78 is 12.5. The van der Waals surface area contributed by atoms with Gasteiger partial charge in [0.1, 0.15) is 5.82 Å². The lowest BCUT2D eigenvalue weighted by atomic mass is 9.88. The molecule has 11 nitrogen and oxygen atoms in total. The van der Waals surface area contributed by atoms with Gasteiger partial charge in [0.2, 0.25) is 5.75 Å². The van der Waals surface area contributed by atoms with Crippen molar-refractivity contribution in [1.29, 1.82) is 0 Å². The Morgan fingerprint density at radius 1 is 1.31 bits per heavy atom. The third-order valence-electron chi connectivity index (χ3n) is 5.96. The van der Waals surface area contributed by atoms with Crippen LogP contribution in [0.2, 0.25) is 0 Å². The van der Waals surface area contributed by atoms with Crippen molar-refractivity contribution in [2.45, 2.75) is 38.0 Å². The molecule has 2 N–H and O–H groups in total. The van der Waals surface area contributed by atoms with Gasteiger partial charge in [-0.1, -0.05) is 35.2 Å². The van der Waals surface area contributed by atoms with E-state index in [2.05, 4.69) is 21.0 Å². The molecule has 36 heavy (non-hydrogen) atoms. The summed E-state index contributed by atoms with van der Waals surface area (Å²) in [6, 6.07) is 8.00. The van der Waals surface area contributed by atoms with Crippen molar-refractivity contribution in [3.05, 3.63) is 66.7 Å². The quantitative estimate of drug-likeness (QED) is 0.250. The molecule has 3 aromatic rings. The molecule has 1 aliphatic rings. The molecule has 188 valence electrons. The fourth-order valence-corrected chi connectivity index (χ4v) is 4.65. The molecule has 4 rings (SSSR count). The molecule has 1 aromatic heterocycles. The van der Waals surface area contributed by atoms with E-state index in [0.717, 1.165) is 36.6 Å². The Morgan fingerprint density at radius 2 is 2.06 bits per heavy atom. The molecule has 0 radical (unpaired) electrons. The first-order chi connectivity index (χ1) is 17.3. The number of nitro groups is 1. The third-order valence-corrected chi connectivity index (χ3v) is 6.45. The van der Waals surface area contributed by atoms with Gasteiger partial charge in [0.15, 0.2) is 12.4 Å². The second-order valence-electron chi connectivity index (χ2n) is 8.41. The number of amides is 1. The monoisotopic (exact) mass is 557 g/mol. The molecular formula is C24H24BrN5O6. The molecule has 0 spiro atoms. The van der Waals surface area contributed by atoms with E-state index < -0.39 is 23.1 Å². The third kappa shape index (κ3) is 5.38. The molecule has 1 heterocycles. The topological polar surface area (TPSA) is 152 Å². The molecule has 1 saturated carbocycles. The summed E-state index contributed by atoms with van der Waals surface area (Å²) in [4.78, 5) is 40.4. The van der Waals surface area contributed by atoms with Crippen molar-refractivity contribution in [1.82, 2.24) is 9.66 Å². The van der Waals surface area contributed by atoms with E-state index >= 15 is 0 Å². The van der Waals surface area contributed by atoms with Gasteiger partial charge in [-0.2, -0.15) is 9.78 Å². The first kappa shape index (κ1) is 25.3. The van der Waals surface area contributed by atoms with E-state index in [1.807, 2.05) is 6.07 Å². The van der Waals surface area contributed by atoms with Crippen molar-refractivity contribution in [2.24, 2.45) is 10.8 Å². The van der Waals surface area contributed by atoms with Crippen LogP contribution in [0, 0.1) is 10.1 Å². The molecule has 1 amide bonds. The number of primary amides is 1. The van der Waals surface area contributed by atoms with Gasteiger partial charge in [-0.25, -0.2) is 4.98 Å². The van der Waals surface area contributed by atoms with E-state index in [1.165, 1.54) is 30.1 Å². The van der Waals surface area contributed by atoms with Crippen LogP contribution in [0.3, 0.4) is 0 Å². The fourth-order valence-electron chi connectivity index (χ4n) is 4.29. The number of methoxy groups -OCH3 is 1. The van der Waals surface area contributed by atoms with E-state index in [0.29, 0.717) is 22.3 Å². The minimum atomic E-state index is -0.790. The van der Waals surface area contributed by atoms with Crippen LogP contribution in [0.4, 0.5) is 5.69 Å². The van der Waals surface area contributed by atoms with Crippen molar-refractivity contribution < 1.29 is 19.2 Å². The number of aromatic nitrogens is 2. The molecule has 1 aliphatic carbocycles. The van der Waals surface area contributed by atoms with Crippen LogP contribution < -0.4 is 20.8 Å². The minimum absolute atomic E-state index is 0.0207. The number of nitrogens with two attached hydrogens (primary N) is 1. The maximum atomic E-state index is 13.5. The van der Waals surface area contributed by atoms with E-state index in [-0.39, 0.29) is 23.0 Å². The second kappa shape index (κ2) is 10.9. The number of carbonyl (C=O) groups excluding carboxylic acids is 1. The summed E-state index contributed by atoms with van der Waals surface area (Å²) in [5.74, 6) is -0.358. The maximum Gasteiger partial charge on any atom is 0.315 e. The molecular weight excluding hydrogens is 534 g/mol. The molecule has 0 saturated heterocycles. The van der Waals surface area contributed by atoms with E-state index in [4.69, 9.17) is 20.2 Å². The number of nitro benzene ring substituents is 1. The average Bonchev–Trinajstić information content (AvgIpc) is 2.87. The summed E-state index contributed by atoms with van der Waals surface area (Å²) in [6.45, 7) is -0.552. The first-order valence-corrected chi connectivity index (χ1v) is 12.1. The highest BCUT2D eigenvalue weighted by molar-refractivity contribution is 9.10. The largest absolute Gasteiger partial charge is 0.493 e. The number of hydrogen-bond donors (Lipinski definition) is 1. The number of hydrogen-bond acceptors (Lipinski definition) is 8. The van der Waals surface area contributed by atoms with Crippen LogP contribution in [-0.2, 0) is 4.79 Å². The highest BCUT2D eigenvalue weighted by atomic mass is 79.9. The van der Waals surface area contributed by atoms with Crippen molar-refractivity contribution in [2.75, 3.05) is 13.7 Å². The van der Waals surface area contributed by atoms with Crippen molar-refractivity contribution in [3.8, 4) is 11.5 Å². The number of fused-ring (bicyclic) bond motifs is 1. The summed E-state index contributed by atoms with van der Waals surface area (Å²) >= 11 is 3.39. The van der Waals surface area contributed by atoms with Gasteiger partial charge < -0.3 is 15.2 Å². The highest BCUT2D eigenvalue weighted by Crippen LogP contribution is 2.38. The number of nitrogens with zero attached hydrogens (tertiary/aromatic N) is 4. The Labute approximate surface area is 214 Å². The van der Waals surface area contributed by atoms with Gasteiger partial charge in [-0.3, -0.25) is 19.7 Å². The average molecular weight is 558 g/mol. The van der Waals surface area contributed by atoms with E-state index in [1.54, 1.807) is 12.1 Å². The lowest BCUT2D eigenvalue weighted by Gasteiger charge is -2.22. The van der Waals surface area contributed by atoms with Crippen molar-refractivity contribution in [3.63, 3.8) is 0 Å². The Morgan fingerprint density at radius 3 is 2.72 bits per heavy atom. The van der Waals surface area contributed by atoms with Gasteiger partial charge in [-0.15, -0.1) is 0 Å². The van der Waals surface area contributed by atoms with E-state index in [9.17, 15) is 19.7 Å². The van der Waals surface area contributed by atoms with Crippen LogP contribution in [0.5, 0.6) is 11.5 Å². The number of ether oxygens (including phenoxy) is 2. The normalized spacial score (nSPS) is 14.3. The van der Waals surface area contributed by atoms with Crippen LogP contribution in [0.25, 0.3) is 10.9 Å². The standard InChI is InChI=1S/C24H24BrN5O6/c1-35-20-10-14(9-19(30(33)34)22(20)36-13-21(26)31)12-27-29-23(15-5-3-2-4-6-15)28-18-8-7-16(25)11-17(18)24(29)32/h7-12,15H,2-6,13H2,1H3,(H2,26,31). The molecule has 12 heteroatoms. The zero-order valence-electron chi connectivity index (χ0n) is 19.5. The van der Waals surface area contributed by atoms with Gasteiger partial charge in [-0.05, 0) is 37.1 Å². The Balaban J connectivity index is 1.83. The van der Waals surface area contributed by atoms with Crippen LogP contribution >= 0.6 is 15.9 Å². The molecule has 0 atom stereocenters. The van der Waals surface area contributed by atoms with Crippen LogP contribution in [0.15, 0.2) is 44.7 Å². The summed E-state index contributed by atoms with van der Waals surface area (Å²) in [5, 5.41) is 16.5. The molecule has 2 aromatic carbocycles. The SMILES string of the molecule is COc1cc(C=Nn2c(C3CCCCC3)nc3ccc(Br)cc3c2=O)cc([N+](=O)[O-])c1OCC(N)=O. The van der Waals surface area contributed by atoms with Gasteiger partial charge >= 0.3 is 5.69 Å². The molecule has 0 aliphatic heterocycles. The van der Waals surface area contributed by atoms with Crippen LogP contribution in [-0.4, -0.2) is 40.4 Å². The van der Waals surface area contributed by atoms with Crippen LogP contribution in [0.1, 0.15) is 49.4 Å². The maximum absolute atomic E-state index is 13.5. The lowest BCUT2D eigenvalue weighted by molar-refractivity contribution is -0.385. The zero-order valence-corrected chi connectivity index (χ0v) is 21.1. The number of carbonyl (C=O) groups is 1. The number of benzene rings is 2. The summed E-state index contributed by atoms with van der Waals surface area (Å²) in [7, 11) is 1.31. The first-order valence-electron chi connectivity index (χ1n) is 11.3. The molecule has 0 unspecified atom stereocenters. The van der Waals surface area contributed by atoms with Crippen molar-refractivity contribution >= 4 is 44.6 Å². The zero-order chi connectivity index (χ0) is 25.8. The molecule has 1 fully saturated rings. The van der Waals surface area contributed by atoms with Gasteiger partial charge in [0.25, 0.3) is 11.5 Å². The number of rotatable bonds is 8. The summed E-state index contributed by atoms with van der Waals surface area (Å²) in [5.41, 5.74) is 5.22. The Hall–Kier alpha value is -3.80. The summed E-state index contributed by atoms with van der Waals surface area (Å²) in [6.07, 6.45) is 6.35. The highest BCUT2D eigenvalue weighted by Gasteiger charge is 2.24. The smallest absolute Gasteiger partial charge is 0.315 e. The minimum Gasteiger partial charge on any atom is -0.493 e. The van der Waals surface area contributed by atoms with Gasteiger partial charge in [0, 0.05) is 22.0 Å². The number of halogens is 1. The molecule has 0 bridgehead atoms. The lowest BCUT2D eigenvalue weighted by Crippen LogP contribution is -2.25. The van der Waals surface area contributed by atoms with Gasteiger partial charge in [0.05, 0.1) is 29.2 Å². The predicted molar refractivity (Wildman–Crippen MR) is 137 cm³/mol. The fraction of sp³-hybridized carbons (Fsp3) is 0.333. The second-order valence-corrected chi connectivity index (χ2v) is 9.33. The Kier molecular flexibility index (Phi) is 7.63. The predicted octanol–water partition coefficient (Wildman–Crippen LogP) is 3.87.